The van der Waals surface area contributed by atoms with E-state index in [-0.39, 0.29) is 6.54 Å². The van der Waals surface area contributed by atoms with Crippen molar-refractivity contribution in [1.82, 2.24) is 9.55 Å². The molecule has 1 aliphatic heterocycles. The molecular formula is C14H17N3O2. The normalized spacial score (nSPS) is 16.2. The minimum absolute atomic E-state index is 0.122. The molecular weight excluding hydrogens is 242 g/mol. The summed E-state index contributed by atoms with van der Waals surface area (Å²) in [6, 6.07) is 7.66. The van der Waals surface area contributed by atoms with Crippen LogP contribution in [-0.4, -0.2) is 28.6 Å². The summed E-state index contributed by atoms with van der Waals surface area (Å²) in [6.07, 6.45) is 2.49. The molecule has 5 heteroatoms. The molecule has 2 aromatic rings. The van der Waals surface area contributed by atoms with Crippen LogP contribution in [-0.2, 0) is 17.9 Å². The number of hydrogen-bond donors (Lipinski definition) is 1. The van der Waals surface area contributed by atoms with Gasteiger partial charge in [-0.25, -0.2) is 4.98 Å². The van der Waals surface area contributed by atoms with Gasteiger partial charge in [-0.05, 0) is 12.1 Å². The Morgan fingerprint density at radius 3 is 2.79 bits per heavy atom. The first kappa shape index (κ1) is 12.2. The molecule has 0 atom stereocenters. The van der Waals surface area contributed by atoms with Gasteiger partial charge in [-0.3, -0.25) is 0 Å². The van der Waals surface area contributed by atoms with Gasteiger partial charge >= 0.3 is 0 Å². The van der Waals surface area contributed by atoms with Gasteiger partial charge in [0.05, 0.1) is 36.6 Å². The molecule has 0 spiro atoms. The Labute approximate surface area is 111 Å². The average Bonchev–Trinajstić information content (AvgIpc) is 2.99. The molecule has 1 saturated heterocycles. The van der Waals surface area contributed by atoms with Crippen molar-refractivity contribution in [1.29, 1.82) is 0 Å². The number of quaternary nitrogens is 1. The minimum Gasteiger partial charge on any atom is -0.548 e. The molecule has 1 aliphatic rings. The minimum atomic E-state index is -1.07. The second kappa shape index (κ2) is 5.01. The van der Waals surface area contributed by atoms with Crippen LogP contribution < -0.4 is 10.0 Å². The Bertz CT molecular complexity index is 600. The summed E-state index contributed by atoms with van der Waals surface area (Å²) in [7, 11) is 0. The van der Waals surface area contributed by atoms with Crippen LogP contribution in [0.15, 0.2) is 24.3 Å². The van der Waals surface area contributed by atoms with E-state index in [2.05, 4.69) is 4.98 Å². The highest BCUT2D eigenvalue weighted by Gasteiger charge is 2.20. The van der Waals surface area contributed by atoms with Gasteiger partial charge in [0.15, 0.2) is 5.82 Å². The van der Waals surface area contributed by atoms with E-state index in [1.165, 1.54) is 17.7 Å². The smallest absolute Gasteiger partial charge is 0.165 e. The van der Waals surface area contributed by atoms with Crippen molar-refractivity contribution in [2.24, 2.45) is 0 Å². The second-order valence-corrected chi connectivity index (χ2v) is 5.11. The second-order valence-electron chi connectivity index (χ2n) is 5.11. The number of aromatic nitrogens is 2. The van der Waals surface area contributed by atoms with Gasteiger partial charge in [0, 0.05) is 12.8 Å². The molecule has 5 nitrogen and oxygen atoms in total. The van der Waals surface area contributed by atoms with Gasteiger partial charge in [0.2, 0.25) is 0 Å². The lowest BCUT2D eigenvalue weighted by Gasteiger charge is -2.14. The summed E-state index contributed by atoms with van der Waals surface area (Å²) in [6.45, 7) is 2.97. The van der Waals surface area contributed by atoms with Gasteiger partial charge < -0.3 is 19.4 Å². The molecule has 0 aliphatic carbocycles. The third-order valence-electron chi connectivity index (χ3n) is 3.74. The standard InChI is InChI=1S/C14H17N3O2/c18-14(19)10-17-12-6-2-1-5-11(12)15-13(17)9-16-7-3-4-8-16/h1-2,5-6H,3-4,7-10H2,(H,18,19). The maximum absolute atomic E-state index is 10.9. The van der Waals surface area contributed by atoms with Crippen LogP contribution >= 0.6 is 0 Å². The molecule has 3 rings (SSSR count). The van der Waals surface area contributed by atoms with Gasteiger partial charge in [0.1, 0.15) is 6.54 Å². The third kappa shape index (κ3) is 2.46. The van der Waals surface area contributed by atoms with Crippen molar-refractivity contribution < 1.29 is 14.8 Å². The van der Waals surface area contributed by atoms with Crippen molar-refractivity contribution in [2.75, 3.05) is 13.1 Å². The predicted molar refractivity (Wildman–Crippen MR) is 68.4 cm³/mol. The Hall–Kier alpha value is -1.88. The molecule has 1 fully saturated rings. The number of hydrogen-bond acceptors (Lipinski definition) is 3. The van der Waals surface area contributed by atoms with E-state index in [1.54, 1.807) is 4.57 Å². The number of likely N-dealkylation sites (tertiary alicyclic amines) is 1. The number of carboxylic acid groups (broad SMARTS) is 1. The molecule has 1 aromatic carbocycles. The van der Waals surface area contributed by atoms with E-state index in [9.17, 15) is 9.90 Å². The van der Waals surface area contributed by atoms with Crippen molar-refractivity contribution in [2.45, 2.75) is 25.9 Å². The molecule has 0 radical (unpaired) electrons. The number of nitrogens with zero attached hydrogens (tertiary/aromatic N) is 2. The van der Waals surface area contributed by atoms with Crippen LogP contribution in [0.3, 0.4) is 0 Å². The topological polar surface area (TPSA) is 62.4 Å². The number of carboxylic acids is 1. The Balaban J connectivity index is 1.98. The maximum atomic E-state index is 10.9. The molecule has 0 saturated carbocycles. The van der Waals surface area contributed by atoms with Crippen LogP contribution in [0.2, 0.25) is 0 Å². The maximum Gasteiger partial charge on any atom is 0.165 e. The number of rotatable bonds is 4. The number of aliphatic carboxylic acids is 1. The zero-order chi connectivity index (χ0) is 13.2. The van der Waals surface area contributed by atoms with E-state index < -0.39 is 5.97 Å². The summed E-state index contributed by atoms with van der Waals surface area (Å²) in [5, 5.41) is 10.9. The SMILES string of the molecule is O=C([O-])Cn1c(C[NH+]2CCCC2)nc2ccccc21. The Kier molecular flexibility index (Phi) is 3.21. The largest absolute Gasteiger partial charge is 0.548 e. The number of carbonyl (C=O) groups is 1. The van der Waals surface area contributed by atoms with E-state index in [0.29, 0.717) is 0 Å². The fraction of sp³-hybridized carbons (Fsp3) is 0.429. The van der Waals surface area contributed by atoms with Gasteiger partial charge in [0.25, 0.3) is 0 Å². The lowest BCUT2D eigenvalue weighted by molar-refractivity contribution is -0.902. The molecule has 100 valence electrons. The molecule has 0 amide bonds. The number of fused-ring (bicyclic) bond motifs is 1. The van der Waals surface area contributed by atoms with Crippen LogP contribution in [0.1, 0.15) is 18.7 Å². The van der Waals surface area contributed by atoms with E-state index in [1.807, 2.05) is 24.3 Å². The summed E-state index contributed by atoms with van der Waals surface area (Å²) in [5.41, 5.74) is 1.73. The first-order valence-electron chi connectivity index (χ1n) is 6.71. The van der Waals surface area contributed by atoms with Gasteiger partial charge in [-0.1, -0.05) is 12.1 Å². The molecule has 19 heavy (non-hydrogen) atoms. The number of nitrogens with one attached hydrogen (secondary N) is 1. The fourth-order valence-corrected chi connectivity index (χ4v) is 2.84. The fourth-order valence-electron chi connectivity index (χ4n) is 2.84. The first-order valence-corrected chi connectivity index (χ1v) is 6.71. The average molecular weight is 259 g/mol. The van der Waals surface area contributed by atoms with Crippen LogP contribution in [0.5, 0.6) is 0 Å². The van der Waals surface area contributed by atoms with Crippen LogP contribution in [0, 0.1) is 0 Å². The van der Waals surface area contributed by atoms with E-state index in [0.717, 1.165) is 36.5 Å². The zero-order valence-corrected chi connectivity index (χ0v) is 10.8. The van der Waals surface area contributed by atoms with Gasteiger partial charge in [-0.15, -0.1) is 0 Å². The molecule has 0 bridgehead atoms. The quantitative estimate of drug-likeness (QED) is 0.763. The summed E-state index contributed by atoms with van der Waals surface area (Å²) >= 11 is 0. The lowest BCUT2D eigenvalue weighted by Crippen LogP contribution is -3.08. The van der Waals surface area contributed by atoms with Crippen LogP contribution in [0.25, 0.3) is 11.0 Å². The lowest BCUT2D eigenvalue weighted by atomic mass is 10.3. The monoisotopic (exact) mass is 259 g/mol. The Morgan fingerprint density at radius 1 is 1.32 bits per heavy atom. The van der Waals surface area contributed by atoms with Crippen molar-refractivity contribution in [3.05, 3.63) is 30.1 Å². The number of benzene rings is 1. The molecule has 1 aromatic heterocycles. The summed E-state index contributed by atoms with van der Waals surface area (Å²) in [4.78, 5) is 17.0. The van der Waals surface area contributed by atoms with Crippen LogP contribution in [0.4, 0.5) is 0 Å². The Morgan fingerprint density at radius 2 is 2.05 bits per heavy atom. The van der Waals surface area contributed by atoms with Gasteiger partial charge in [-0.2, -0.15) is 0 Å². The molecule has 0 unspecified atom stereocenters. The predicted octanol–water partition coefficient (Wildman–Crippen LogP) is -1.04. The number of imidazole rings is 1. The highest BCUT2D eigenvalue weighted by Crippen LogP contribution is 2.15. The summed E-state index contributed by atoms with van der Waals surface area (Å²) in [5.74, 6) is -0.219. The molecule has 2 heterocycles. The zero-order valence-electron chi connectivity index (χ0n) is 10.8. The van der Waals surface area contributed by atoms with E-state index in [4.69, 9.17) is 0 Å². The highest BCUT2D eigenvalue weighted by molar-refractivity contribution is 5.77. The van der Waals surface area contributed by atoms with Crippen molar-refractivity contribution >= 4 is 17.0 Å². The van der Waals surface area contributed by atoms with E-state index >= 15 is 0 Å². The third-order valence-corrected chi connectivity index (χ3v) is 3.74. The first-order chi connectivity index (χ1) is 9.24. The van der Waals surface area contributed by atoms with Crippen molar-refractivity contribution in [3.8, 4) is 0 Å². The summed E-state index contributed by atoms with van der Waals surface area (Å²) < 4.78 is 1.77. The van der Waals surface area contributed by atoms with Crippen molar-refractivity contribution in [3.63, 3.8) is 0 Å². The number of carbonyl (C=O) groups excluding carboxylic acids is 1. The number of para-hydroxylation sites is 2. The molecule has 1 N–H and O–H groups in total. The highest BCUT2D eigenvalue weighted by atomic mass is 16.4.